The number of aliphatic hydroxyl groups is 1. The fourth-order valence-electron chi connectivity index (χ4n) is 2.71. The minimum absolute atomic E-state index is 0.0740. The van der Waals surface area contributed by atoms with Crippen molar-refractivity contribution < 1.29 is 13.5 Å². The van der Waals surface area contributed by atoms with Crippen molar-refractivity contribution in [1.82, 2.24) is 10.2 Å². The third-order valence-corrected chi connectivity index (χ3v) is 5.58. The number of likely N-dealkylation sites (N-methyl/N-ethyl adjacent to an activating group) is 1. The highest BCUT2D eigenvalue weighted by molar-refractivity contribution is 7.91. The fraction of sp³-hybridized carbons (Fsp3) is 1.00. The third kappa shape index (κ3) is 3.40. The van der Waals surface area contributed by atoms with Gasteiger partial charge in [0.25, 0.3) is 0 Å². The van der Waals surface area contributed by atoms with E-state index in [9.17, 15) is 13.5 Å². The molecule has 2 fully saturated rings. The first-order valence-corrected chi connectivity index (χ1v) is 8.12. The van der Waals surface area contributed by atoms with Gasteiger partial charge in [-0.25, -0.2) is 8.42 Å². The van der Waals surface area contributed by atoms with E-state index in [0.717, 1.165) is 19.5 Å². The molecule has 0 aromatic rings. The van der Waals surface area contributed by atoms with Gasteiger partial charge in [0, 0.05) is 18.6 Å². The van der Waals surface area contributed by atoms with Gasteiger partial charge in [0.15, 0.2) is 9.84 Å². The summed E-state index contributed by atoms with van der Waals surface area (Å²) in [6.45, 7) is 1.88. The summed E-state index contributed by atoms with van der Waals surface area (Å²) in [5.41, 5.74) is 0. The molecule has 2 saturated heterocycles. The van der Waals surface area contributed by atoms with Gasteiger partial charge in [-0.2, -0.15) is 0 Å². The molecule has 2 N–H and O–H groups in total. The zero-order valence-electron chi connectivity index (χ0n) is 10.3. The second-order valence-electron chi connectivity index (χ2n) is 5.29. The number of nitrogens with zero attached hydrogens (tertiary/aromatic N) is 1. The Balaban J connectivity index is 1.82. The lowest BCUT2D eigenvalue weighted by Gasteiger charge is -2.33. The molecule has 0 bridgehead atoms. The Morgan fingerprint density at radius 3 is 2.71 bits per heavy atom. The van der Waals surface area contributed by atoms with Gasteiger partial charge in [0.2, 0.25) is 0 Å². The third-order valence-electron chi connectivity index (χ3n) is 3.86. The normalized spacial score (nSPS) is 38.4. The molecule has 0 aromatic heterocycles. The van der Waals surface area contributed by atoms with Gasteiger partial charge in [0.05, 0.1) is 17.6 Å². The molecule has 2 heterocycles. The van der Waals surface area contributed by atoms with Crippen molar-refractivity contribution in [3.05, 3.63) is 0 Å². The second-order valence-corrected chi connectivity index (χ2v) is 7.44. The highest BCUT2D eigenvalue weighted by Gasteiger charge is 2.36. The summed E-state index contributed by atoms with van der Waals surface area (Å²) in [6.07, 6.45) is 2.89. The first-order chi connectivity index (χ1) is 7.98. The van der Waals surface area contributed by atoms with Crippen LogP contribution >= 0.6 is 0 Å². The van der Waals surface area contributed by atoms with E-state index in [2.05, 4.69) is 17.3 Å². The summed E-state index contributed by atoms with van der Waals surface area (Å²) in [7, 11) is -0.933. The summed E-state index contributed by atoms with van der Waals surface area (Å²) >= 11 is 0. The van der Waals surface area contributed by atoms with Crippen LogP contribution in [0.1, 0.15) is 19.3 Å². The van der Waals surface area contributed by atoms with Crippen LogP contribution in [0.4, 0.5) is 0 Å². The molecule has 100 valence electrons. The molecule has 6 heteroatoms. The maximum absolute atomic E-state index is 11.4. The smallest absolute Gasteiger partial charge is 0.154 e. The lowest BCUT2D eigenvalue weighted by molar-refractivity contribution is 0.143. The highest BCUT2D eigenvalue weighted by atomic mass is 32.2. The minimum Gasteiger partial charge on any atom is -0.390 e. The standard InChI is InChI=1S/C11H22N2O3S/c1-13-5-3-2-4-9(13)6-12-10-7-17(15,16)8-11(10)14/h9-12,14H,2-8H2,1H3. The molecule has 0 saturated carbocycles. The summed E-state index contributed by atoms with van der Waals surface area (Å²) < 4.78 is 22.7. The zero-order chi connectivity index (χ0) is 12.5. The number of hydrogen-bond donors (Lipinski definition) is 2. The lowest BCUT2D eigenvalue weighted by Crippen LogP contribution is -2.48. The van der Waals surface area contributed by atoms with Crippen LogP contribution in [0, 0.1) is 0 Å². The van der Waals surface area contributed by atoms with Gasteiger partial charge in [-0.1, -0.05) is 6.42 Å². The van der Waals surface area contributed by atoms with Crippen LogP contribution in [-0.2, 0) is 9.84 Å². The first-order valence-electron chi connectivity index (χ1n) is 6.30. The van der Waals surface area contributed by atoms with Crippen LogP contribution in [0.2, 0.25) is 0 Å². The van der Waals surface area contributed by atoms with E-state index >= 15 is 0 Å². The minimum atomic E-state index is -3.04. The molecule has 2 aliphatic rings. The Morgan fingerprint density at radius 1 is 1.35 bits per heavy atom. The molecular weight excluding hydrogens is 240 g/mol. The van der Waals surface area contributed by atoms with E-state index in [4.69, 9.17) is 0 Å². The van der Waals surface area contributed by atoms with E-state index in [0.29, 0.717) is 6.04 Å². The molecule has 0 spiro atoms. The van der Waals surface area contributed by atoms with Gasteiger partial charge < -0.3 is 15.3 Å². The molecule has 0 amide bonds. The van der Waals surface area contributed by atoms with Gasteiger partial charge >= 0.3 is 0 Å². The molecule has 5 nitrogen and oxygen atoms in total. The average Bonchev–Trinajstić information content (AvgIpc) is 2.51. The molecule has 0 aromatic carbocycles. The van der Waals surface area contributed by atoms with Crippen LogP contribution in [0.15, 0.2) is 0 Å². The average molecular weight is 262 g/mol. The van der Waals surface area contributed by atoms with Crippen LogP contribution in [-0.4, -0.2) is 68.3 Å². The van der Waals surface area contributed by atoms with Crippen molar-refractivity contribution >= 4 is 9.84 Å². The quantitative estimate of drug-likeness (QED) is 0.698. The van der Waals surface area contributed by atoms with Gasteiger partial charge in [-0.05, 0) is 26.4 Å². The van der Waals surface area contributed by atoms with E-state index in [1.54, 1.807) is 0 Å². The topological polar surface area (TPSA) is 69.6 Å². The molecule has 3 unspecified atom stereocenters. The van der Waals surface area contributed by atoms with Gasteiger partial charge in [-0.3, -0.25) is 0 Å². The van der Waals surface area contributed by atoms with Crippen molar-refractivity contribution in [2.45, 2.75) is 37.5 Å². The summed E-state index contributed by atoms with van der Waals surface area (Å²) in [6, 6.07) is 0.189. The zero-order valence-corrected chi connectivity index (χ0v) is 11.1. The second kappa shape index (κ2) is 5.22. The van der Waals surface area contributed by atoms with Crippen molar-refractivity contribution in [2.24, 2.45) is 0 Å². The summed E-state index contributed by atoms with van der Waals surface area (Å²) in [5, 5.41) is 12.9. The Labute approximate surface area is 103 Å². The summed E-state index contributed by atoms with van der Waals surface area (Å²) in [4.78, 5) is 2.31. The number of aliphatic hydroxyl groups excluding tert-OH is 1. The lowest BCUT2D eigenvalue weighted by atomic mass is 10.0. The Morgan fingerprint density at radius 2 is 2.12 bits per heavy atom. The molecule has 2 aliphatic heterocycles. The highest BCUT2D eigenvalue weighted by Crippen LogP contribution is 2.16. The Bertz CT molecular complexity index is 358. The molecule has 3 atom stereocenters. The SMILES string of the molecule is CN1CCCCC1CNC1CS(=O)(=O)CC1O. The Hall–Kier alpha value is -0.170. The van der Waals surface area contributed by atoms with Crippen molar-refractivity contribution in [2.75, 3.05) is 31.6 Å². The number of nitrogens with one attached hydrogen (secondary N) is 1. The van der Waals surface area contributed by atoms with Crippen LogP contribution < -0.4 is 5.32 Å². The number of rotatable bonds is 3. The first kappa shape index (κ1) is 13.3. The predicted molar refractivity (Wildman–Crippen MR) is 66.7 cm³/mol. The molecule has 2 rings (SSSR count). The fourth-order valence-corrected chi connectivity index (χ4v) is 4.49. The Kier molecular flexibility index (Phi) is 4.07. The molecule has 17 heavy (non-hydrogen) atoms. The maximum Gasteiger partial charge on any atom is 0.154 e. The predicted octanol–water partition coefficient (Wildman–Crippen LogP) is -0.782. The van der Waals surface area contributed by atoms with Crippen LogP contribution in [0.5, 0.6) is 0 Å². The van der Waals surface area contributed by atoms with Crippen LogP contribution in [0.25, 0.3) is 0 Å². The van der Waals surface area contributed by atoms with E-state index < -0.39 is 15.9 Å². The number of hydrogen-bond acceptors (Lipinski definition) is 5. The monoisotopic (exact) mass is 262 g/mol. The van der Waals surface area contributed by atoms with Gasteiger partial charge in [0.1, 0.15) is 0 Å². The van der Waals surface area contributed by atoms with Crippen molar-refractivity contribution in [3.63, 3.8) is 0 Å². The number of piperidine rings is 1. The largest absolute Gasteiger partial charge is 0.390 e. The van der Waals surface area contributed by atoms with Crippen LogP contribution in [0.3, 0.4) is 0 Å². The van der Waals surface area contributed by atoms with E-state index in [-0.39, 0.29) is 17.5 Å². The summed E-state index contributed by atoms with van der Waals surface area (Å²) in [5.74, 6) is -0.0181. The molecule has 0 aliphatic carbocycles. The van der Waals surface area contributed by atoms with E-state index in [1.807, 2.05) is 0 Å². The maximum atomic E-state index is 11.4. The van der Waals surface area contributed by atoms with E-state index in [1.165, 1.54) is 12.8 Å². The van der Waals surface area contributed by atoms with Crippen molar-refractivity contribution in [1.29, 1.82) is 0 Å². The number of sulfone groups is 1. The number of likely N-dealkylation sites (tertiary alicyclic amines) is 1. The molecular formula is C11H22N2O3S. The molecule has 0 radical (unpaired) electrons. The van der Waals surface area contributed by atoms with Gasteiger partial charge in [-0.15, -0.1) is 0 Å². The van der Waals surface area contributed by atoms with Crippen molar-refractivity contribution in [3.8, 4) is 0 Å².